The molecule has 0 atom stereocenters. The van der Waals surface area contributed by atoms with Gasteiger partial charge in [-0.2, -0.15) is 0 Å². The Morgan fingerprint density at radius 1 is 1.13 bits per heavy atom. The van der Waals surface area contributed by atoms with Crippen molar-refractivity contribution >= 4 is 0 Å². The molecule has 0 fully saturated rings. The molecule has 1 aromatic heterocycles. The first-order valence-electron chi connectivity index (χ1n) is 5.32. The van der Waals surface area contributed by atoms with Gasteiger partial charge in [0.25, 0.3) is 0 Å². The molecule has 0 bridgehead atoms. The number of fused-ring (bicyclic) bond motifs is 1. The third-order valence-electron chi connectivity index (χ3n) is 2.55. The molecule has 2 aliphatic carbocycles. The fraction of sp³-hybridized carbons (Fsp3) is 0.214. The molecule has 15 heavy (non-hydrogen) atoms. The minimum absolute atomic E-state index is 1.03. The van der Waals surface area contributed by atoms with Crippen molar-refractivity contribution in [2.45, 2.75) is 20.3 Å². The van der Waals surface area contributed by atoms with Gasteiger partial charge < -0.3 is 0 Å². The van der Waals surface area contributed by atoms with E-state index in [4.69, 9.17) is 0 Å². The summed E-state index contributed by atoms with van der Waals surface area (Å²) < 4.78 is 0. The van der Waals surface area contributed by atoms with Gasteiger partial charge >= 0.3 is 0 Å². The first-order chi connectivity index (χ1) is 7.31. The fourth-order valence-electron chi connectivity index (χ4n) is 1.51. The Balaban J connectivity index is 0.000000114. The molecule has 0 spiro atoms. The van der Waals surface area contributed by atoms with Gasteiger partial charge in [0.1, 0.15) is 0 Å². The lowest BCUT2D eigenvalue weighted by atomic mass is 10.3. The highest BCUT2D eigenvalue weighted by Gasteiger charge is 2.12. The average Bonchev–Trinajstić information content (AvgIpc) is 3.00. The van der Waals surface area contributed by atoms with E-state index >= 15 is 0 Å². The zero-order valence-corrected chi connectivity index (χ0v) is 9.20. The van der Waals surface area contributed by atoms with Crippen molar-refractivity contribution in [3.8, 4) is 11.1 Å². The summed E-state index contributed by atoms with van der Waals surface area (Å²) in [4.78, 5) is 4.10. The largest absolute Gasteiger partial charge is 0.261 e. The molecule has 0 aromatic carbocycles. The summed E-state index contributed by atoms with van der Waals surface area (Å²) in [5.41, 5.74) is 5.50. The normalized spacial score (nSPS) is 10.3. The zero-order chi connectivity index (χ0) is 10.7. The lowest BCUT2D eigenvalue weighted by Gasteiger charge is -1.88. The molecule has 1 nitrogen and oxygen atoms in total. The van der Waals surface area contributed by atoms with E-state index in [0.29, 0.717) is 0 Å². The predicted molar refractivity (Wildman–Crippen MR) is 63.8 cm³/mol. The molecule has 0 N–H and O–H groups in total. The number of aromatic nitrogens is 1. The Kier molecular flexibility index (Phi) is 2.82. The summed E-state index contributed by atoms with van der Waals surface area (Å²) >= 11 is 0. The van der Waals surface area contributed by atoms with Crippen molar-refractivity contribution < 1.29 is 0 Å². The number of nitrogens with zero attached hydrogens (tertiary/aromatic N) is 1. The van der Waals surface area contributed by atoms with Crippen LogP contribution < -0.4 is 0 Å². The van der Waals surface area contributed by atoms with Crippen LogP contribution in [0.25, 0.3) is 11.1 Å². The molecule has 0 saturated heterocycles. The highest BCUT2D eigenvalue weighted by atomic mass is 14.6. The van der Waals surface area contributed by atoms with Crippen LogP contribution in [0.2, 0.25) is 0 Å². The summed E-state index contributed by atoms with van der Waals surface area (Å²) in [5.74, 6) is 0. The highest BCUT2D eigenvalue weighted by molar-refractivity contribution is 5.84. The number of hydrogen-bond acceptors (Lipinski definition) is 1. The standard InChI is InChI=1S/C7H9N.C7H6/c1-2-7-5-3-4-6-8-7;1-5-2-3-6-4-7(5)6/h3-6H,2H2,1H3;2-4H,1H3. The first kappa shape index (κ1) is 9.91. The molecule has 0 unspecified atom stereocenters. The molecular weight excluding hydrogens is 182 g/mol. The van der Waals surface area contributed by atoms with E-state index in [0.717, 1.165) is 12.1 Å². The quantitative estimate of drug-likeness (QED) is 0.580. The molecule has 1 heteroatoms. The lowest BCUT2D eigenvalue weighted by Crippen LogP contribution is -1.81. The molecule has 2 aliphatic rings. The number of aryl methyl sites for hydroxylation is 2. The van der Waals surface area contributed by atoms with Gasteiger partial charge in [0.2, 0.25) is 0 Å². The third-order valence-corrected chi connectivity index (χ3v) is 2.55. The maximum absolute atomic E-state index is 4.10. The summed E-state index contributed by atoms with van der Waals surface area (Å²) in [6.45, 7) is 4.24. The van der Waals surface area contributed by atoms with Crippen molar-refractivity contribution in [2.24, 2.45) is 0 Å². The molecule has 0 saturated carbocycles. The van der Waals surface area contributed by atoms with Gasteiger partial charge in [-0.25, -0.2) is 0 Å². The van der Waals surface area contributed by atoms with Gasteiger partial charge in [-0.15, -0.1) is 0 Å². The number of benzene rings is 1. The highest BCUT2D eigenvalue weighted by Crippen LogP contribution is 2.37. The second-order valence-electron chi connectivity index (χ2n) is 3.70. The molecule has 3 rings (SSSR count). The molecule has 76 valence electrons. The summed E-state index contributed by atoms with van der Waals surface area (Å²) in [5, 5.41) is 0. The molecule has 0 radical (unpaired) electrons. The van der Waals surface area contributed by atoms with Crippen molar-refractivity contribution in [2.75, 3.05) is 0 Å². The Labute approximate surface area is 90.8 Å². The van der Waals surface area contributed by atoms with E-state index in [2.05, 4.69) is 37.0 Å². The maximum Gasteiger partial charge on any atom is 0.0400 e. The van der Waals surface area contributed by atoms with Gasteiger partial charge in [0, 0.05) is 11.9 Å². The number of pyridine rings is 1. The molecule has 1 heterocycles. The van der Waals surface area contributed by atoms with Gasteiger partial charge in [-0.1, -0.05) is 25.1 Å². The lowest BCUT2D eigenvalue weighted by molar-refractivity contribution is 1.04. The minimum Gasteiger partial charge on any atom is -0.261 e. The summed E-state index contributed by atoms with van der Waals surface area (Å²) in [7, 11) is 0. The Bertz CT molecular complexity index is 446. The van der Waals surface area contributed by atoms with Gasteiger partial charge in [-0.3, -0.25) is 4.98 Å². The zero-order valence-electron chi connectivity index (χ0n) is 9.20. The average molecular weight is 197 g/mol. The molecular formula is C14H15N. The second-order valence-corrected chi connectivity index (χ2v) is 3.70. The van der Waals surface area contributed by atoms with Gasteiger partial charge in [0.15, 0.2) is 0 Å². The van der Waals surface area contributed by atoms with Crippen LogP contribution in [0, 0.1) is 6.92 Å². The van der Waals surface area contributed by atoms with Crippen LogP contribution in [-0.2, 0) is 6.42 Å². The summed E-state index contributed by atoms with van der Waals surface area (Å²) in [6.07, 6.45) is 2.85. The monoisotopic (exact) mass is 197 g/mol. The van der Waals surface area contributed by atoms with Crippen LogP contribution in [0.4, 0.5) is 0 Å². The van der Waals surface area contributed by atoms with Crippen LogP contribution in [0.3, 0.4) is 0 Å². The van der Waals surface area contributed by atoms with Crippen LogP contribution >= 0.6 is 0 Å². The van der Waals surface area contributed by atoms with E-state index in [-0.39, 0.29) is 0 Å². The smallest absolute Gasteiger partial charge is 0.0400 e. The van der Waals surface area contributed by atoms with E-state index in [1.807, 2.05) is 24.4 Å². The van der Waals surface area contributed by atoms with E-state index in [1.165, 1.54) is 16.7 Å². The SMILES string of the molecule is CCc1ccccn1.Cc1ccc2cc1-2. The second kappa shape index (κ2) is 4.26. The first-order valence-corrected chi connectivity index (χ1v) is 5.32. The molecule has 0 amide bonds. The number of hydrogen-bond donors (Lipinski definition) is 0. The van der Waals surface area contributed by atoms with Crippen molar-refractivity contribution in [3.63, 3.8) is 0 Å². The fourth-order valence-corrected chi connectivity index (χ4v) is 1.51. The third kappa shape index (κ3) is 2.44. The van der Waals surface area contributed by atoms with Crippen molar-refractivity contribution in [3.05, 3.63) is 53.9 Å². The summed E-state index contributed by atoms with van der Waals surface area (Å²) in [6, 6.07) is 12.5. The Hall–Kier alpha value is -1.63. The molecule has 0 aliphatic heterocycles. The van der Waals surface area contributed by atoms with Crippen LogP contribution in [0.1, 0.15) is 18.2 Å². The predicted octanol–water partition coefficient (Wildman–Crippen LogP) is 3.62. The Morgan fingerprint density at radius 2 is 2.00 bits per heavy atom. The molecule has 1 aromatic rings. The Morgan fingerprint density at radius 3 is 2.27 bits per heavy atom. The topological polar surface area (TPSA) is 12.9 Å². The maximum atomic E-state index is 4.10. The van der Waals surface area contributed by atoms with Gasteiger partial charge in [-0.05, 0) is 48.2 Å². The van der Waals surface area contributed by atoms with Gasteiger partial charge in [0.05, 0.1) is 0 Å². The van der Waals surface area contributed by atoms with Crippen molar-refractivity contribution in [1.29, 1.82) is 0 Å². The van der Waals surface area contributed by atoms with E-state index in [1.54, 1.807) is 0 Å². The van der Waals surface area contributed by atoms with Crippen LogP contribution in [-0.4, -0.2) is 4.98 Å². The van der Waals surface area contributed by atoms with Crippen LogP contribution in [0.5, 0.6) is 0 Å². The van der Waals surface area contributed by atoms with Crippen LogP contribution in [0.15, 0.2) is 42.6 Å². The van der Waals surface area contributed by atoms with E-state index < -0.39 is 0 Å². The minimum atomic E-state index is 1.03. The van der Waals surface area contributed by atoms with Crippen molar-refractivity contribution in [1.82, 2.24) is 4.98 Å². The van der Waals surface area contributed by atoms with E-state index in [9.17, 15) is 0 Å². The number of rotatable bonds is 1.